The highest BCUT2D eigenvalue weighted by molar-refractivity contribution is 7.09. The average molecular weight is 228 g/mol. The van der Waals surface area contributed by atoms with Crippen LogP contribution in [0, 0.1) is 6.92 Å². The van der Waals surface area contributed by atoms with Crippen LogP contribution < -0.4 is 0 Å². The van der Waals surface area contributed by atoms with Crippen molar-refractivity contribution in [3.05, 3.63) is 16.1 Å². The number of thiazole rings is 1. The predicted octanol–water partition coefficient (Wildman–Crippen LogP) is 2.31. The molecule has 0 fully saturated rings. The summed E-state index contributed by atoms with van der Waals surface area (Å²) in [5.74, 6) is 0. The van der Waals surface area contributed by atoms with Gasteiger partial charge in [0.1, 0.15) is 0 Å². The highest BCUT2D eigenvalue weighted by Gasteiger charge is 2.11. The molecule has 0 radical (unpaired) electrons. The predicted molar refractivity (Wildman–Crippen MR) is 64.3 cm³/mol. The summed E-state index contributed by atoms with van der Waals surface area (Å²) >= 11 is 1.71. The highest BCUT2D eigenvalue weighted by atomic mass is 32.1. The second-order valence-electron chi connectivity index (χ2n) is 3.91. The Kier molecular flexibility index (Phi) is 5.22. The van der Waals surface area contributed by atoms with Gasteiger partial charge in [0.15, 0.2) is 0 Å². The first-order chi connectivity index (χ1) is 7.13. The molecular formula is C11H20N2OS. The zero-order valence-electron chi connectivity index (χ0n) is 9.99. The van der Waals surface area contributed by atoms with Crippen molar-refractivity contribution in [2.45, 2.75) is 33.4 Å². The molecule has 86 valence electrons. The van der Waals surface area contributed by atoms with Gasteiger partial charge in [-0.15, -0.1) is 11.3 Å². The van der Waals surface area contributed by atoms with Gasteiger partial charge in [-0.05, 0) is 20.8 Å². The Labute approximate surface area is 96.1 Å². The van der Waals surface area contributed by atoms with Crippen molar-refractivity contribution in [1.29, 1.82) is 0 Å². The van der Waals surface area contributed by atoms with E-state index in [9.17, 15) is 0 Å². The molecule has 1 rings (SSSR count). The van der Waals surface area contributed by atoms with Gasteiger partial charge in [-0.25, -0.2) is 4.98 Å². The molecular weight excluding hydrogens is 208 g/mol. The van der Waals surface area contributed by atoms with Gasteiger partial charge < -0.3 is 4.74 Å². The molecule has 0 unspecified atom stereocenters. The van der Waals surface area contributed by atoms with Crippen LogP contribution in [0.15, 0.2) is 5.38 Å². The molecule has 0 saturated heterocycles. The molecule has 0 aliphatic rings. The van der Waals surface area contributed by atoms with E-state index in [4.69, 9.17) is 4.74 Å². The number of ether oxygens (including phenoxy) is 1. The second-order valence-corrected chi connectivity index (χ2v) is 4.98. The first-order valence-electron chi connectivity index (χ1n) is 5.27. The number of aromatic nitrogens is 1. The summed E-state index contributed by atoms with van der Waals surface area (Å²) in [4.78, 5) is 6.85. The number of hydrogen-bond donors (Lipinski definition) is 0. The molecule has 0 amide bonds. The van der Waals surface area contributed by atoms with Crippen LogP contribution in [0.1, 0.15) is 24.5 Å². The molecule has 4 heteroatoms. The quantitative estimate of drug-likeness (QED) is 0.747. The van der Waals surface area contributed by atoms with Crippen LogP contribution >= 0.6 is 11.3 Å². The maximum Gasteiger partial charge on any atom is 0.0897 e. The fourth-order valence-electron chi connectivity index (χ4n) is 1.42. The largest absolute Gasteiger partial charge is 0.383 e. The molecule has 1 aromatic heterocycles. The molecule has 0 N–H and O–H groups in total. The summed E-state index contributed by atoms with van der Waals surface area (Å²) in [6.45, 7) is 9.12. The third-order valence-corrected chi connectivity index (χ3v) is 3.17. The van der Waals surface area contributed by atoms with Crippen LogP contribution in [0.2, 0.25) is 0 Å². The van der Waals surface area contributed by atoms with E-state index in [1.807, 2.05) is 6.92 Å². The molecule has 0 atom stereocenters. The summed E-state index contributed by atoms with van der Waals surface area (Å²) in [6, 6.07) is 0.530. The molecule has 0 bridgehead atoms. The van der Waals surface area contributed by atoms with Crippen molar-refractivity contribution in [3.63, 3.8) is 0 Å². The molecule has 0 aromatic carbocycles. The number of rotatable bonds is 6. The lowest BCUT2D eigenvalue weighted by molar-refractivity contribution is 0.124. The van der Waals surface area contributed by atoms with E-state index < -0.39 is 0 Å². The van der Waals surface area contributed by atoms with Gasteiger partial charge in [0.2, 0.25) is 0 Å². The Hall–Kier alpha value is -0.450. The molecule has 3 nitrogen and oxygen atoms in total. The summed E-state index contributed by atoms with van der Waals surface area (Å²) in [7, 11) is 1.74. The minimum atomic E-state index is 0.530. The van der Waals surface area contributed by atoms with Gasteiger partial charge in [-0.2, -0.15) is 0 Å². The van der Waals surface area contributed by atoms with Crippen molar-refractivity contribution >= 4 is 11.3 Å². The van der Waals surface area contributed by atoms with Gasteiger partial charge in [0.05, 0.1) is 17.3 Å². The van der Waals surface area contributed by atoms with Gasteiger partial charge in [0, 0.05) is 31.6 Å². The molecule has 1 heterocycles. The maximum absolute atomic E-state index is 5.11. The Balaban J connectivity index is 2.50. The Morgan fingerprint density at radius 3 is 2.73 bits per heavy atom. The van der Waals surface area contributed by atoms with E-state index in [1.54, 1.807) is 18.4 Å². The van der Waals surface area contributed by atoms with Gasteiger partial charge >= 0.3 is 0 Å². The van der Waals surface area contributed by atoms with Crippen LogP contribution in [0.4, 0.5) is 0 Å². The Morgan fingerprint density at radius 2 is 2.27 bits per heavy atom. The Morgan fingerprint density at radius 1 is 1.53 bits per heavy atom. The summed E-state index contributed by atoms with van der Waals surface area (Å²) in [5.41, 5.74) is 1.17. The normalized spacial score (nSPS) is 11.6. The maximum atomic E-state index is 5.11. The molecule has 1 aromatic rings. The fraction of sp³-hybridized carbons (Fsp3) is 0.727. The first kappa shape index (κ1) is 12.6. The van der Waals surface area contributed by atoms with Crippen LogP contribution in [0.3, 0.4) is 0 Å². The van der Waals surface area contributed by atoms with E-state index in [-0.39, 0.29) is 0 Å². The third kappa shape index (κ3) is 4.28. The fourth-order valence-corrected chi connectivity index (χ4v) is 2.02. The van der Waals surface area contributed by atoms with Crippen molar-refractivity contribution in [1.82, 2.24) is 9.88 Å². The first-order valence-corrected chi connectivity index (χ1v) is 6.15. The molecule has 0 aliphatic heterocycles. The van der Waals surface area contributed by atoms with E-state index >= 15 is 0 Å². The second kappa shape index (κ2) is 6.20. The molecule has 15 heavy (non-hydrogen) atoms. The summed E-state index contributed by atoms with van der Waals surface area (Å²) < 4.78 is 5.11. The topological polar surface area (TPSA) is 25.4 Å². The van der Waals surface area contributed by atoms with Crippen LogP contribution in [-0.4, -0.2) is 36.2 Å². The van der Waals surface area contributed by atoms with E-state index in [2.05, 4.69) is 29.1 Å². The standard InChI is InChI=1S/C11H20N2OS/c1-9(2)13(5-6-14-4)7-11-8-15-10(3)12-11/h8-9H,5-7H2,1-4H3. The van der Waals surface area contributed by atoms with E-state index in [0.717, 1.165) is 24.7 Å². The molecule has 0 spiro atoms. The van der Waals surface area contributed by atoms with Crippen molar-refractivity contribution < 1.29 is 4.74 Å². The number of methoxy groups -OCH3 is 1. The minimum Gasteiger partial charge on any atom is -0.383 e. The van der Waals surface area contributed by atoms with Crippen molar-refractivity contribution in [3.8, 4) is 0 Å². The summed E-state index contributed by atoms with van der Waals surface area (Å²) in [6.07, 6.45) is 0. The number of hydrogen-bond acceptors (Lipinski definition) is 4. The Bertz CT molecular complexity index is 286. The number of aryl methyl sites for hydroxylation is 1. The SMILES string of the molecule is COCCN(Cc1csc(C)n1)C(C)C. The van der Waals surface area contributed by atoms with Crippen LogP contribution in [0.5, 0.6) is 0 Å². The highest BCUT2D eigenvalue weighted by Crippen LogP contribution is 2.12. The third-order valence-electron chi connectivity index (χ3n) is 2.34. The van der Waals surface area contributed by atoms with Gasteiger partial charge in [-0.3, -0.25) is 4.90 Å². The molecule has 0 saturated carbocycles. The smallest absolute Gasteiger partial charge is 0.0897 e. The molecule has 0 aliphatic carbocycles. The van der Waals surface area contributed by atoms with Gasteiger partial charge in [0.25, 0.3) is 0 Å². The number of nitrogens with zero attached hydrogens (tertiary/aromatic N) is 2. The van der Waals surface area contributed by atoms with Crippen molar-refractivity contribution in [2.24, 2.45) is 0 Å². The van der Waals surface area contributed by atoms with Crippen molar-refractivity contribution in [2.75, 3.05) is 20.3 Å². The lowest BCUT2D eigenvalue weighted by Gasteiger charge is -2.25. The lowest BCUT2D eigenvalue weighted by atomic mass is 10.3. The average Bonchev–Trinajstić information content (AvgIpc) is 2.58. The van der Waals surface area contributed by atoms with E-state index in [0.29, 0.717) is 6.04 Å². The van der Waals surface area contributed by atoms with Gasteiger partial charge in [-0.1, -0.05) is 0 Å². The zero-order chi connectivity index (χ0) is 11.3. The minimum absolute atomic E-state index is 0.530. The summed E-state index contributed by atoms with van der Waals surface area (Å²) in [5, 5.41) is 3.28. The monoisotopic (exact) mass is 228 g/mol. The lowest BCUT2D eigenvalue weighted by Crippen LogP contribution is -2.33. The van der Waals surface area contributed by atoms with Crippen LogP contribution in [0.25, 0.3) is 0 Å². The van der Waals surface area contributed by atoms with E-state index in [1.165, 1.54) is 5.69 Å². The van der Waals surface area contributed by atoms with Crippen LogP contribution in [-0.2, 0) is 11.3 Å². The zero-order valence-corrected chi connectivity index (χ0v) is 10.8.